The van der Waals surface area contributed by atoms with Crippen molar-refractivity contribution >= 4 is 23.4 Å². The first-order valence-corrected chi connectivity index (χ1v) is 13.0. The van der Waals surface area contributed by atoms with Crippen LogP contribution in [0.1, 0.15) is 24.8 Å². The average Bonchev–Trinajstić information content (AvgIpc) is 2.91. The highest BCUT2D eigenvalue weighted by Gasteiger charge is 2.40. The lowest BCUT2D eigenvalue weighted by Crippen LogP contribution is -2.51. The van der Waals surface area contributed by atoms with Gasteiger partial charge in [-0.15, -0.1) is 0 Å². The number of piperidine rings is 1. The second-order valence-corrected chi connectivity index (χ2v) is 10.3. The van der Waals surface area contributed by atoms with Gasteiger partial charge in [-0.2, -0.15) is 0 Å². The first kappa shape index (κ1) is 27.5. The normalized spacial score (nSPS) is 17.1. The molecule has 0 aliphatic carbocycles. The molecular weight excluding hydrogens is 507 g/mol. The number of amides is 2. The molecule has 1 aliphatic heterocycles. The molecule has 0 aromatic heterocycles. The molecule has 200 valence electrons. The van der Waals surface area contributed by atoms with Gasteiger partial charge >= 0.3 is 0 Å². The molecule has 0 bridgehead atoms. The topological polar surface area (TPSA) is 59.1 Å². The van der Waals surface area contributed by atoms with Gasteiger partial charge in [0.25, 0.3) is 5.91 Å². The monoisotopic (exact) mass is 538 g/mol. The summed E-state index contributed by atoms with van der Waals surface area (Å²) < 4.78 is 25.2. The van der Waals surface area contributed by atoms with E-state index in [2.05, 4.69) is 0 Å². The van der Waals surface area contributed by atoms with Gasteiger partial charge in [-0.05, 0) is 48.7 Å². The smallest absolute Gasteiger partial charge is 0.260 e. The van der Waals surface area contributed by atoms with Gasteiger partial charge in [0.2, 0.25) is 5.91 Å². The van der Waals surface area contributed by atoms with Crippen LogP contribution in [0.15, 0.2) is 78.9 Å². The van der Waals surface area contributed by atoms with E-state index in [1.165, 1.54) is 18.2 Å². The molecule has 1 unspecified atom stereocenters. The number of likely N-dealkylation sites (tertiary alicyclic amines) is 1. The van der Waals surface area contributed by atoms with Crippen molar-refractivity contribution in [3.8, 4) is 11.5 Å². The van der Waals surface area contributed by atoms with Crippen LogP contribution in [0.5, 0.6) is 11.5 Å². The van der Waals surface area contributed by atoms with Crippen LogP contribution < -0.4 is 9.47 Å². The molecule has 8 heteroatoms. The molecule has 0 saturated carbocycles. The summed E-state index contributed by atoms with van der Waals surface area (Å²) in [7, 11) is 1.79. The minimum Gasteiger partial charge on any atom is -0.493 e. The number of carbonyl (C=O) groups excluding carboxylic acids is 2. The summed E-state index contributed by atoms with van der Waals surface area (Å²) in [6, 6.07) is 22.7. The SMILES string of the molecule is CN(Cc1ccccc1)C(=O)CC1(COc2cccc(Cl)c2)CCCN(C(=O)COc2cccc(F)c2)C1. The number of carbonyl (C=O) groups is 2. The molecule has 3 aromatic carbocycles. The van der Waals surface area contributed by atoms with Crippen molar-refractivity contribution in [3.05, 3.63) is 95.3 Å². The Hall–Kier alpha value is -3.58. The number of rotatable bonds is 10. The van der Waals surface area contributed by atoms with Crippen LogP contribution >= 0.6 is 11.6 Å². The van der Waals surface area contributed by atoms with Gasteiger partial charge in [-0.25, -0.2) is 4.39 Å². The molecule has 1 heterocycles. The maximum atomic E-state index is 13.5. The van der Waals surface area contributed by atoms with Crippen molar-refractivity contribution in [2.45, 2.75) is 25.8 Å². The maximum absolute atomic E-state index is 13.5. The molecule has 1 saturated heterocycles. The van der Waals surface area contributed by atoms with E-state index in [0.717, 1.165) is 18.4 Å². The van der Waals surface area contributed by atoms with Crippen LogP contribution in [-0.2, 0) is 16.1 Å². The van der Waals surface area contributed by atoms with E-state index in [4.69, 9.17) is 21.1 Å². The largest absolute Gasteiger partial charge is 0.493 e. The van der Waals surface area contributed by atoms with Crippen molar-refractivity contribution in [1.82, 2.24) is 9.80 Å². The van der Waals surface area contributed by atoms with E-state index < -0.39 is 11.2 Å². The summed E-state index contributed by atoms with van der Waals surface area (Å²) in [5.41, 5.74) is 0.458. The number of nitrogens with zero attached hydrogens (tertiary/aromatic N) is 2. The van der Waals surface area contributed by atoms with Crippen molar-refractivity contribution < 1.29 is 23.5 Å². The third kappa shape index (κ3) is 7.71. The Labute approximate surface area is 227 Å². The number of halogens is 2. The van der Waals surface area contributed by atoms with Crippen LogP contribution in [0.25, 0.3) is 0 Å². The zero-order valence-corrected chi connectivity index (χ0v) is 22.2. The van der Waals surface area contributed by atoms with Crippen LogP contribution in [0.4, 0.5) is 4.39 Å². The van der Waals surface area contributed by atoms with Crippen LogP contribution in [0.3, 0.4) is 0 Å². The molecule has 4 rings (SSSR count). The van der Waals surface area contributed by atoms with E-state index in [0.29, 0.717) is 36.2 Å². The summed E-state index contributed by atoms with van der Waals surface area (Å²) >= 11 is 6.13. The molecule has 1 atom stereocenters. The minimum atomic E-state index is -0.586. The maximum Gasteiger partial charge on any atom is 0.260 e. The number of hydrogen-bond acceptors (Lipinski definition) is 4. The molecule has 0 radical (unpaired) electrons. The summed E-state index contributed by atoms with van der Waals surface area (Å²) in [5, 5.41) is 0.560. The van der Waals surface area contributed by atoms with E-state index in [1.54, 1.807) is 35.0 Å². The van der Waals surface area contributed by atoms with Gasteiger partial charge in [0, 0.05) is 49.6 Å². The van der Waals surface area contributed by atoms with Gasteiger partial charge in [0.1, 0.15) is 17.3 Å². The highest BCUT2D eigenvalue weighted by molar-refractivity contribution is 6.30. The van der Waals surface area contributed by atoms with Gasteiger partial charge < -0.3 is 19.3 Å². The van der Waals surface area contributed by atoms with Crippen molar-refractivity contribution in [1.29, 1.82) is 0 Å². The van der Waals surface area contributed by atoms with E-state index in [9.17, 15) is 14.0 Å². The predicted molar refractivity (Wildman–Crippen MR) is 145 cm³/mol. The number of ether oxygens (including phenoxy) is 2. The zero-order chi connectivity index (χ0) is 27.0. The van der Waals surface area contributed by atoms with Gasteiger partial charge in [0.15, 0.2) is 6.61 Å². The third-order valence-electron chi connectivity index (χ3n) is 6.73. The molecular formula is C30H32ClFN2O4. The summed E-state index contributed by atoms with van der Waals surface area (Å²) in [4.78, 5) is 29.9. The Morgan fingerprint density at radius 2 is 1.74 bits per heavy atom. The highest BCUT2D eigenvalue weighted by Crippen LogP contribution is 2.36. The number of benzene rings is 3. The number of hydrogen-bond donors (Lipinski definition) is 0. The molecule has 1 fully saturated rings. The first-order chi connectivity index (χ1) is 18.3. The minimum absolute atomic E-state index is 0.0196. The Kier molecular flexibility index (Phi) is 9.24. The summed E-state index contributed by atoms with van der Waals surface area (Å²) in [5.74, 6) is 0.242. The molecule has 3 aromatic rings. The Morgan fingerprint density at radius 3 is 2.47 bits per heavy atom. The zero-order valence-electron chi connectivity index (χ0n) is 21.4. The summed E-state index contributed by atoms with van der Waals surface area (Å²) in [6.07, 6.45) is 1.68. The molecule has 38 heavy (non-hydrogen) atoms. The average molecular weight is 539 g/mol. The first-order valence-electron chi connectivity index (χ1n) is 12.6. The fraction of sp³-hybridized carbons (Fsp3) is 0.333. The Morgan fingerprint density at radius 1 is 1.00 bits per heavy atom. The van der Waals surface area contributed by atoms with Crippen molar-refractivity contribution in [2.24, 2.45) is 5.41 Å². The fourth-order valence-corrected chi connectivity index (χ4v) is 4.90. The van der Waals surface area contributed by atoms with E-state index in [-0.39, 0.29) is 31.4 Å². The predicted octanol–water partition coefficient (Wildman–Crippen LogP) is 5.59. The highest BCUT2D eigenvalue weighted by atomic mass is 35.5. The lowest BCUT2D eigenvalue weighted by molar-refractivity contribution is -0.142. The summed E-state index contributed by atoms with van der Waals surface area (Å²) in [6.45, 7) is 1.44. The molecule has 2 amide bonds. The quantitative estimate of drug-likeness (QED) is 0.337. The third-order valence-corrected chi connectivity index (χ3v) is 6.96. The second kappa shape index (κ2) is 12.8. The molecule has 1 aliphatic rings. The Balaban J connectivity index is 1.46. The standard InChI is InChI=1S/C30H32ClFN2O4/c1-33(19-23-8-3-2-4-9-23)28(35)18-30(22-38-26-12-5-10-24(31)16-26)14-7-15-34(21-30)29(36)20-37-27-13-6-11-25(32)17-27/h2-6,8-13,16-17H,7,14-15,18-22H2,1H3. The molecule has 0 N–H and O–H groups in total. The van der Waals surface area contributed by atoms with E-state index in [1.807, 2.05) is 42.5 Å². The van der Waals surface area contributed by atoms with Crippen LogP contribution in [-0.4, -0.2) is 55.0 Å². The molecule has 0 spiro atoms. The lowest BCUT2D eigenvalue weighted by Gasteiger charge is -2.42. The Bertz CT molecular complexity index is 1240. The van der Waals surface area contributed by atoms with Crippen LogP contribution in [0, 0.1) is 11.2 Å². The van der Waals surface area contributed by atoms with E-state index >= 15 is 0 Å². The van der Waals surface area contributed by atoms with Gasteiger partial charge in [-0.1, -0.05) is 54.1 Å². The lowest BCUT2D eigenvalue weighted by atomic mass is 9.77. The molecule has 6 nitrogen and oxygen atoms in total. The van der Waals surface area contributed by atoms with Crippen LogP contribution in [0.2, 0.25) is 5.02 Å². The van der Waals surface area contributed by atoms with Gasteiger partial charge in [-0.3, -0.25) is 9.59 Å². The fourth-order valence-electron chi connectivity index (χ4n) is 4.72. The van der Waals surface area contributed by atoms with Gasteiger partial charge in [0.05, 0.1) is 6.61 Å². The van der Waals surface area contributed by atoms with Crippen molar-refractivity contribution in [3.63, 3.8) is 0 Å². The van der Waals surface area contributed by atoms with Crippen molar-refractivity contribution in [2.75, 3.05) is 33.4 Å². The second-order valence-electron chi connectivity index (χ2n) is 9.82.